The topological polar surface area (TPSA) is 58.2 Å². The van der Waals surface area contributed by atoms with Crippen LogP contribution in [0.15, 0.2) is 29.2 Å². The summed E-state index contributed by atoms with van der Waals surface area (Å²) in [6.45, 7) is 4.39. The molecule has 1 aliphatic heterocycles. The summed E-state index contributed by atoms with van der Waals surface area (Å²) < 4.78 is 27.0. The van der Waals surface area contributed by atoms with Crippen LogP contribution in [0.2, 0.25) is 5.02 Å². The summed E-state index contributed by atoms with van der Waals surface area (Å²) in [5, 5.41) is 3.73. The van der Waals surface area contributed by atoms with Gasteiger partial charge in [0.2, 0.25) is 10.0 Å². The highest BCUT2D eigenvalue weighted by Gasteiger charge is 2.28. The quantitative estimate of drug-likeness (QED) is 0.886. The van der Waals surface area contributed by atoms with E-state index in [1.165, 1.54) is 6.07 Å². The van der Waals surface area contributed by atoms with E-state index in [0.29, 0.717) is 11.6 Å². The SMILES string of the molecule is CC1(CNS(=O)(=O)c2cccc(Cl)c2)CCCNC1.Cl. The Labute approximate surface area is 131 Å². The standard InChI is InChI=1S/C13H19ClN2O2S.ClH/c1-13(6-3-7-15-9-13)10-16-19(17,18)12-5-2-4-11(14)8-12;/h2,4-5,8,15-16H,3,6-7,9-10H2,1H3;1H. The van der Waals surface area contributed by atoms with Crippen molar-refractivity contribution in [1.29, 1.82) is 0 Å². The molecule has 0 amide bonds. The van der Waals surface area contributed by atoms with Gasteiger partial charge < -0.3 is 5.32 Å². The van der Waals surface area contributed by atoms with Crippen molar-refractivity contribution in [2.45, 2.75) is 24.7 Å². The van der Waals surface area contributed by atoms with Crippen LogP contribution in [0.3, 0.4) is 0 Å². The van der Waals surface area contributed by atoms with Gasteiger partial charge in [-0.15, -0.1) is 12.4 Å². The molecule has 0 spiro atoms. The summed E-state index contributed by atoms with van der Waals surface area (Å²) in [5.74, 6) is 0. The molecular formula is C13H20Cl2N2O2S. The molecule has 1 atom stereocenters. The number of piperidine rings is 1. The molecule has 1 aromatic carbocycles. The molecule has 1 aliphatic rings. The van der Waals surface area contributed by atoms with Gasteiger partial charge in [-0.25, -0.2) is 13.1 Å². The molecular weight excluding hydrogens is 319 g/mol. The number of hydrogen-bond acceptors (Lipinski definition) is 3. The fourth-order valence-corrected chi connectivity index (χ4v) is 3.76. The molecule has 2 rings (SSSR count). The van der Waals surface area contributed by atoms with Crippen LogP contribution in [-0.2, 0) is 10.0 Å². The van der Waals surface area contributed by atoms with Gasteiger partial charge in [-0.05, 0) is 43.0 Å². The van der Waals surface area contributed by atoms with Gasteiger partial charge in [-0.3, -0.25) is 0 Å². The average Bonchev–Trinajstić information content (AvgIpc) is 2.38. The molecule has 20 heavy (non-hydrogen) atoms. The van der Waals surface area contributed by atoms with Gasteiger partial charge in [0.1, 0.15) is 0 Å². The first-order chi connectivity index (χ1) is 8.91. The van der Waals surface area contributed by atoms with Gasteiger partial charge in [0.15, 0.2) is 0 Å². The molecule has 7 heteroatoms. The van der Waals surface area contributed by atoms with Crippen molar-refractivity contribution in [3.63, 3.8) is 0 Å². The predicted octanol–water partition coefficient (Wildman–Crippen LogP) is 2.43. The first-order valence-corrected chi connectivity index (χ1v) is 8.23. The van der Waals surface area contributed by atoms with Crippen LogP contribution in [0.5, 0.6) is 0 Å². The molecule has 1 unspecified atom stereocenters. The number of rotatable bonds is 4. The van der Waals surface area contributed by atoms with Crippen LogP contribution in [0.4, 0.5) is 0 Å². The van der Waals surface area contributed by atoms with E-state index in [1.807, 2.05) is 0 Å². The maximum absolute atomic E-state index is 12.2. The lowest BCUT2D eigenvalue weighted by Crippen LogP contribution is -2.45. The van der Waals surface area contributed by atoms with Gasteiger partial charge in [-0.1, -0.05) is 24.6 Å². The minimum absolute atomic E-state index is 0. The highest BCUT2D eigenvalue weighted by Crippen LogP contribution is 2.25. The molecule has 2 N–H and O–H groups in total. The number of nitrogens with one attached hydrogen (secondary N) is 2. The van der Waals surface area contributed by atoms with Crippen molar-refractivity contribution in [2.24, 2.45) is 5.41 Å². The van der Waals surface area contributed by atoms with Gasteiger partial charge in [0, 0.05) is 18.1 Å². The molecule has 1 aromatic rings. The van der Waals surface area contributed by atoms with Crippen LogP contribution in [0.1, 0.15) is 19.8 Å². The predicted molar refractivity (Wildman–Crippen MR) is 84.1 cm³/mol. The van der Waals surface area contributed by atoms with E-state index in [9.17, 15) is 8.42 Å². The summed E-state index contributed by atoms with van der Waals surface area (Å²) >= 11 is 5.82. The number of sulfonamides is 1. The van der Waals surface area contributed by atoms with E-state index >= 15 is 0 Å². The maximum atomic E-state index is 12.2. The van der Waals surface area contributed by atoms with Gasteiger partial charge in [0.25, 0.3) is 0 Å². The van der Waals surface area contributed by atoms with Gasteiger partial charge >= 0.3 is 0 Å². The zero-order chi connectivity index (χ0) is 13.9. The second kappa shape index (κ2) is 7.09. The van der Waals surface area contributed by atoms with Crippen LogP contribution in [0, 0.1) is 5.41 Å². The molecule has 114 valence electrons. The molecule has 1 heterocycles. The normalized spacial score (nSPS) is 23.1. The fraction of sp³-hybridized carbons (Fsp3) is 0.538. The summed E-state index contributed by atoms with van der Waals surface area (Å²) in [6, 6.07) is 6.31. The third-order valence-electron chi connectivity index (χ3n) is 3.48. The van der Waals surface area contributed by atoms with Crippen molar-refractivity contribution >= 4 is 34.0 Å². The van der Waals surface area contributed by atoms with Crippen molar-refractivity contribution in [1.82, 2.24) is 10.0 Å². The second-order valence-corrected chi connectivity index (χ2v) is 7.58. The van der Waals surface area contributed by atoms with Crippen LogP contribution >= 0.6 is 24.0 Å². The third kappa shape index (κ3) is 4.60. The lowest BCUT2D eigenvalue weighted by molar-refractivity contribution is 0.238. The Balaban J connectivity index is 0.00000200. The van der Waals surface area contributed by atoms with E-state index in [2.05, 4.69) is 17.0 Å². The van der Waals surface area contributed by atoms with E-state index in [-0.39, 0.29) is 22.7 Å². The molecule has 4 nitrogen and oxygen atoms in total. The average molecular weight is 339 g/mol. The number of hydrogen-bond donors (Lipinski definition) is 2. The number of halogens is 2. The Bertz CT molecular complexity index is 543. The van der Waals surface area contributed by atoms with Crippen molar-refractivity contribution in [2.75, 3.05) is 19.6 Å². The lowest BCUT2D eigenvalue weighted by atomic mass is 9.83. The Morgan fingerprint density at radius 1 is 1.45 bits per heavy atom. The molecule has 1 fully saturated rings. The van der Waals surface area contributed by atoms with Crippen molar-refractivity contribution < 1.29 is 8.42 Å². The molecule has 0 aromatic heterocycles. The minimum atomic E-state index is -3.48. The first-order valence-electron chi connectivity index (χ1n) is 6.37. The fourth-order valence-electron chi connectivity index (χ4n) is 2.26. The van der Waals surface area contributed by atoms with Crippen LogP contribution in [0.25, 0.3) is 0 Å². The van der Waals surface area contributed by atoms with Crippen molar-refractivity contribution in [3.8, 4) is 0 Å². The molecule has 0 radical (unpaired) electrons. The molecule has 0 aliphatic carbocycles. The molecule has 0 saturated carbocycles. The Morgan fingerprint density at radius 3 is 2.80 bits per heavy atom. The summed E-state index contributed by atoms with van der Waals surface area (Å²) in [4.78, 5) is 0.215. The zero-order valence-electron chi connectivity index (χ0n) is 11.4. The molecule has 1 saturated heterocycles. The highest BCUT2D eigenvalue weighted by molar-refractivity contribution is 7.89. The minimum Gasteiger partial charge on any atom is -0.316 e. The van der Waals surface area contributed by atoms with E-state index in [0.717, 1.165) is 25.9 Å². The van der Waals surface area contributed by atoms with Gasteiger partial charge in [0.05, 0.1) is 4.90 Å². The van der Waals surface area contributed by atoms with Gasteiger partial charge in [-0.2, -0.15) is 0 Å². The van der Waals surface area contributed by atoms with E-state index in [1.54, 1.807) is 18.2 Å². The lowest BCUT2D eigenvalue weighted by Gasteiger charge is -2.34. The monoisotopic (exact) mass is 338 g/mol. The smallest absolute Gasteiger partial charge is 0.240 e. The molecule has 0 bridgehead atoms. The Kier molecular flexibility index (Phi) is 6.28. The summed E-state index contributed by atoms with van der Waals surface area (Å²) in [7, 11) is -3.48. The third-order valence-corrected chi connectivity index (χ3v) is 5.12. The zero-order valence-corrected chi connectivity index (χ0v) is 13.7. The summed E-state index contributed by atoms with van der Waals surface area (Å²) in [6.07, 6.45) is 2.10. The first kappa shape index (κ1) is 17.7. The Hall–Kier alpha value is -0.330. The van der Waals surface area contributed by atoms with Crippen LogP contribution in [-0.4, -0.2) is 28.1 Å². The van der Waals surface area contributed by atoms with Crippen LogP contribution < -0.4 is 10.0 Å². The second-order valence-electron chi connectivity index (χ2n) is 5.37. The largest absolute Gasteiger partial charge is 0.316 e. The van der Waals surface area contributed by atoms with E-state index < -0.39 is 10.0 Å². The maximum Gasteiger partial charge on any atom is 0.240 e. The summed E-state index contributed by atoms with van der Waals surface area (Å²) in [5.41, 5.74) is -0.0239. The van der Waals surface area contributed by atoms with E-state index in [4.69, 9.17) is 11.6 Å². The number of benzene rings is 1. The van der Waals surface area contributed by atoms with Crippen molar-refractivity contribution in [3.05, 3.63) is 29.3 Å². The highest BCUT2D eigenvalue weighted by atomic mass is 35.5. The Morgan fingerprint density at radius 2 is 2.20 bits per heavy atom.